The Kier molecular flexibility index (Phi) is 6.35. The van der Waals surface area contributed by atoms with Crippen LogP contribution >= 0.6 is 0 Å². The summed E-state index contributed by atoms with van der Waals surface area (Å²) in [5.41, 5.74) is 0.902. The minimum absolute atomic E-state index is 0.0109. The van der Waals surface area contributed by atoms with E-state index >= 15 is 0 Å². The van der Waals surface area contributed by atoms with Crippen molar-refractivity contribution in [2.75, 3.05) is 39.3 Å². The van der Waals surface area contributed by atoms with Gasteiger partial charge in [-0.1, -0.05) is 12.1 Å². The van der Waals surface area contributed by atoms with E-state index in [1.54, 1.807) is 12.1 Å². The lowest BCUT2D eigenvalue weighted by molar-refractivity contribution is -0.122. The summed E-state index contributed by atoms with van der Waals surface area (Å²) in [4.78, 5) is 20.9. The van der Waals surface area contributed by atoms with E-state index in [0.29, 0.717) is 13.1 Å². The molecule has 0 aliphatic carbocycles. The van der Waals surface area contributed by atoms with Crippen molar-refractivity contribution in [2.45, 2.75) is 20.0 Å². The van der Waals surface area contributed by atoms with E-state index in [1.807, 2.05) is 19.3 Å². The predicted octanol–water partition coefficient (Wildman–Crippen LogP) is 1.26. The minimum Gasteiger partial charge on any atom is -0.351 e. The van der Waals surface area contributed by atoms with E-state index in [1.165, 1.54) is 12.1 Å². The van der Waals surface area contributed by atoms with Crippen LogP contribution in [0.15, 0.2) is 36.7 Å². The maximum Gasteiger partial charge on any atom is 0.234 e. The molecule has 1 aliphatic rings. The Morgan fingerprint density at radius 1 is 1.12 bits per heavy atom. The zero-order valence-electron chi connectivity index (χ0n) is 15.2. The Morgan fingerprint density at radius 2 is 1.81 bits per heavy atom. The maximum atomic E-state index is 12.9. The first-order valence-electron chi connectivity index (χ1n) is 9.04. The van der Waals surface area contributed by atoms with Gasteiger partial charge in [0.15, 0.2) is 0 Å². The Labute approximate surface area is 153 Å². The monoisotopic (exact) mass is 359 g/mol. The Balaban J connectivity index is 1.33. The number of nitrogens with one attached hydrogen (secondary N) is 1. The molecule has 26 heavy (non-hydrogen) atoms. The van der Waals surface area contributed by atoms with Crippen LogP contribution in [0.5, 0.6) is 0 Å². The second kappa shape index (κ2) is 8.91. The number of nitrogens with zero attached hydrogens (tertiary/aromatic N) is 4. The van der Waals surface area contributed by atoms with Crippen LogP contribution in [0, 0.1) is 12.7 Å². The second-order valence-electron chi connectivity index (χ2n) is 6.69. The Morgan fingerprint density at radius 3 is 2.46 bits per heavy atom. The first-order valence-corrected chi connectivity index (χ1v) is 9.04. The molecule has 7 heteroatoms. The lowest BCUT2D eigenvalue weighted by Crippen LogP contribution is -2.49. The van der Waals surface area contributed by atoms with E-state index in [-0.39, 0.29) is 11.7 Å². The number of hydrogen-bond donors (Lipinski definition) is 1. The third kappa shape index (κ3) is 5.37. The number of carbonyl (C=O) groups excluding carboxylic acids is 1. The van der Waals surface area contributed by atoms with E-state index in [2.05, 4.69) is 24.7 Å². The van der Waals surface area contributed by atoms with Crippen LogP contribution in [-0.4, -0.2) is 64.5 Å². The summed E-state index contributed by atoms with van der Waals surface area (Å²) in [7, 11) is 0. The molecule has 6 nitrogen and oxygen atoms in total. The van der Waals surface area contributed by atoms with E-state index in [4.69, 9.17) is 0 Å². The van der Waals surface area contributed by atoms with Gasteiger partial charge in [0.05, 0.1) is 6.54 Å². The zero-order valence-corrected chi connectivity index (χ0v) is 15.2. The molecule has 2 heterocycles. The molecule has 0 unspecified atom stereocenters. The highest BCUT2D eigenvalue weighted by atomic mass is 19.1. The van der Waals surface area contributed by atoms with Gasteiger partial charge in [-0.2, -0.15) is 0 Å². The van der Waals surface area contributed by atoms with Crippen LogP contribution in [0.4, 0.5) is 4.39 Å². The molecule has 1 amide bonds. The first kappa shape index (κ1) is 18.5. The van der Waals surface area contributed by atoms with Gasteiger partial charge in [0.2, 0.25) is 5.91 Å². The molecule has 2 aromatic rings. The highest BCUT2D eigenvalue weighted by Crippen LogP contribution is 2.04. The predicted molar refractivity (Wildman–Crippen MR) is 98.1 cm³/mol. The number of piperazine rings is 1. The molecule has 0 saturated carbocycles. The topological polar surface area (TPSA) is 53.4 Å². The standard InChI is InChI=1S/C19H26FN5O/c1-16-21-6-7-25(16)13-12-23-8-10-24(11-9-23)15-19(26)22-14-17-2-4-18(20)5-3-17/h2-7H,8-15H2,1H3,(H,22,26). The number of imidazole rings is 1. The van der Waals surface area contributed by atoms with Gasteiger partial charge in [0.1, 0.15) is 11.6 Å². The average molecular weight is 359 g/mol. The van der Waals surface area contributed by atoms with Crippen LogP contribution in [-0.2, 0) is 17.9 Å². The van der Waals surface area contributed by atoms with Gasteiger partial charge < -0.3 is 9.88 Å². The Hall–Kier alpha value is -2.25. The third-order valence-corrected chi connectivity index (χ3v) is 4.82. The Bertz CT molecular complexity index is 707. The number of halogens is 1. The maximum absolute atomic E-state index is 12.9. The molecular weight excluding hydrogens is 333 g/mol. The van der Waals surface area contributed by atoms with Crippen molar-refractivity contribution >= 4 is 5.91 Å². The first-order chi connectivity index (χ1) is 12.6. The highest BCUT2D eigenvalue weighted by molar-refractivity contribution is 5.78. The van der Waals surface area contributed by atoms with Crippen molar-refractivity contribution in [1.29, 1.82) is 0 Å². The van der Waals surface area contributed by atoms with Gasteiger partial charge >= 0.3 is 0 Å². The largest absolute Gasteiger partial charge is 0.351 e. The molecule has 1 aliphatic heterocycles. The summed E-state index contributed by atoms with van der Waals surface area (Å²) in [6.45, 7) is 8.55. The fourth-order valence-corrected chi connectivity index (χ4v) is 3.12. The van der Waals surface area contributed by atoms with Crippen molar-refractivity contribution in [3.05, 3.63) is 53.9 Å². The van der Waals surface area contributed by atoms with Crippen LogP contribution in [0.2, 0.25) is 0 Å². The van der Waals surface area contributed by atoms with E-state index in [0.717, 1.165) is 50.7 Å². The van der Waals surface area contributed by atoms with Crippen molar-refractivity contribution < 1.29 is 9.18 Å². The molecule has 1 aromatic carbocycles. The van der Waals surface area contributed by atoms with E-state index in [9.17, 15) is 9.18 Å². The molecular formula is C19H26FN5O. The van der Waals surface area contributed by atoms with Crippen molar-refractivity contribution in [2.24, 2.45) is 0 Å². The minimum atomic E-state index is -0.263. The van der Waals surface area contributed by atoms with Gasteiger partial charge in [-0.3, -0.25) is 14.6 Å². The molecule has 1 N–H and O–H groups in total. The number of benzene rings is 1. The number of hydrogen-bond acceptors (Lipinski definition) is 4. The van der Waals surface area contributed by atoms with Crippen molar-refractivity contribution in [3.63, 3.8) is 0 Å². The third-order valence-electron chi connectivity index (χ3n) is 4.82. The molecule has 140 valence electrons. The van der Waals surface area contributed by atoms with Crippen LogP contribution in [0.1, 0.15) is 11.4 Å². The molecule has 0 bridgehead atoms. The average Bonchev–Trinajstić information content (AvgIpc) is 3.06. The molecule has 0 radical (unpaired) electrons. The summed E-state index contributed by atoms with van der Waals surface area (Å²) < 4.78 is 15.0. The number of aryl methyl sites for hydroxylation is 1. The smallest absolute Gasteiger partial charge is 0.234 e. The number of amides is 1. The SMILES string of the molecule is Cc1nccn1CCN1CCN(CC(=O)NCc2ccc(F)cc2)CC1. The molecule has 0 atom stereocenters. The van der Waals surface area contributed by atoms with Crippen molar-refractivity contribution in [1.82, 2.24) is 24.7 Å². The summed E-state index contributed by atoms with van der Waals surface area (Å²) in [5.74, 6) is 0.791. The summed E-state index contributed by atoms with van der Waals surface area (Å²) in [5, 5.41) is 2.90. The van der Waals surface area contributed by atoms with Gasteiger partial charge in [-0.05, 0) is 24.6 Å². The molecule has 0 spiro atoms. The summed E-state index contributed by atoms with van der Waals surface area (Å²) in [6.07, 6.45) is 3.84. The van der Waals surface area contributed by atoms with E-state index < -0.39 is 0 Å². The van der Waals surface area contributed by atoms with Crippen LogP contribution in [0.25, 0.3) is 0 Å². The van der Waals surface area contributed by atoms with Crippen LogP contribution < -0.4 is 5.32 Å². The fraction of sp³-hybridized carbons (Fsp3) is 0.474. The van der Waals surface area contributed by atoms with Gasteiger partial charge in [0, 0.05) is 58.2 Å². The zero-order chi connectivity index (χ0) is 18.4. The second-order valence-corrected chi connectivity index (χ2v) is 6.69. The number of aromatic nitrogens is 2. The number of rotatable bonds is 7. The van der Waals surface area contributed by atoms with Crippen LogP contribution in [0.3, 0.4) is 0 Å². The lowest BCUT2D eigenvalue weighted by atomic mass is 10.2. The molecule has 1 fully saturated rings. The van der Waals surface area contributed by atoms with Gasteiger partial charge in [-0.15, -0.1) is 0 Å². The number of carbonyl (C=O) groups is 1. The van der Waals surface area contributed by atoms with Gasteiger partial charge in [-0.25, -0.2) is 9.37 Å². The van der Waals surface area contributed by atoms with Crippen molar-refractivity contribution in [3.8, 4) is 0 Å². The molecule has 1 saturated heterocycles. The normalized spacial score (nSPS) is 15.9. The summed E-state index contributed by atoms with van der Waals surface area (Å²) >= 11 is 0. The fourth-order valence-electron chi connectivity index (χ4n) is 3.12. The van der Waals surface area contributed by atoms with Gasteiger partial charge in [0.25, 0.3) is 0 Å². The molecule has 3 rings (SSSR count). The molecule has 1 aromatic heterocycles. The lowest BCUT2D eigenvalue weighted by Gasteiger charge is -2.34. The highest BCUT2D eigenvalue weighted by Gasteiger charge is 2.18. The quantitative estimate of drug-likeness (QED) is 0.809. The summed E-state index contributed by atoms with van der Waals surface area (Å²) in [6, 6.07) is 6.20.